The molecule has 0 fully saturated rings. The van der Waals surface area contributed by atoms with Gasteiger partial charge in [0.25, 0.3) is 20.0 Å². The molecule has 0 spiro atoms. The third-order valence-electron chi connectivity index (χ3n) is 14.2. The van der Waals surface area contributed by atoms with E-state index in [1.54, 1.807) is 0 Å². The number of aryl methyl sites for hydroxylation is 4. The SMILES string of the molecule is COC(=O)CCCCc1ccc2c(n1)N(S(=O)(=O)c1c(C)c(C)c3c(c1C)CC(C)(C)O3)CCC2.Cc1c(C)c(S(=O)(=O)N2CCCc3ccc(CCCCC(=O)O)nc32)c(C)c2c1OC(C)(C)C2. The number of hydrogen-bond donors (Lipinski definition) is 1. The van der Waals surface area contributed by atoms with E-state index in [-0.39, 0.29) is 23.6 Å². The lowest BCUT2D eigenvalue weighted by Gasteiger charge is -2.31. The van der Waals surface area contributed by atoms with Crippen molar-refractivity contribution in [1.29, 1.82) is 0 Å². The molecular formula is C53H70N4O10S2. The van der Waals surface area contributed by atoms with Crippen molar-refractivity contribution in [2.45, 2.75) is 180 Å². The number of esters is 1. The summed E-state index contributed by atoms with van der Waals surface area (Å²) in [4.78, 5) is 32.5. The molecule has 8 rings (SSSR count). The number of sulfonamides is 2. The molecule has 0 amide bonds. The third-order valence-corrected chi connectivity index (χ3v) is 18.3. The molecule has 0 aliphatic carbocycles. The van der Waals surface area contributed by atoms with Crippen LogP contribution in [0.5, 0.6) is 11.5 Å². The zero-order valence-corrected chi connectivity index (χ0v) is 44.0. The van der Waals surface area contributed by atoms with Gasteiger partial charge in [0, 0.05) is 61.3 Å². The number of hydrogen-bond acceptors (Lipinski definition) is 11. The highest BCUT2D eigenvalue weighted by molar-refractivity contribution is 7.93. The molecule has 0 radical (unpaired) electrons. The summed E-state index contributed by atoms with van der Waals surface area (Å²) in [5, 5.41) is 8.86. The fraction of sp³-hybridized carbons (Fsp3) is 0.547. The number of aromatic nitrogens is 2. The lowest BCUT2D eigenvalue weighted by atomic mass is 9.94. The molecule has 16 heteroatoms. The zero-order valence-electron chi connectivity index (χ0n) is 42.3. The topological polar surface area (TPSA) is 183 Å². The van der Waals surface area contributed by atoms with Crippen LogP contribution in [0.2, 0.25) is 0 Å². The van der Waals surface area contributed by atoms with E-state index in [0.29, 0.717) is 85.9 Å². The van der Waals surface area contributed by atoms with Crippen molar-refractivity contribution in [3.05, 3.63) is 91.3 Å². The maximum Gasteiger partial charge on any atom is 0.305 e. The molecule has 2 aromatic heterocycles. The van der Waals surface area contributed by atoms with Crippen LogP contribution >= 0.6 is 0 Å². The highest BCUT2D eigenvalue weighted by Gasteiger charge is 2.41. The number of benzene rings is 2. The maximum absolute atomic E-state index is 14.2. The molecule has 14 nitrogen and oxygen atoms in total. The van der Waals surface area contributed by atoms with E-state index in [4.69, 9.17) is 29.3 Å². The summed E-state index contributed by atoms with van der Waals surface area (Å²) >= 11 is 0. The van der Waals surface area contributed by atoms with Gasteiger partial charge in [-0.3, -0.25) is 9.59 Å². The Hall–Kier alpha value is -5.22. The molecule has 4 aromatic rings. The van der Waals surface area contributed by atoms with E-state index in [9.17, 15) is 26.4 Å². The van der Waals surface area contributed by atoms with Crippen molar-refractivity contribution in [1.82, 2.24) is 9.97 Å². The predicted octanol–water partition coefficient (Wildman–Crippen LogP) is 9.41. The largest absolute Gasteiger partial charge is 0.487 e. The van der Waals surface area contributed by atoms with Gasteiger partial charge in [-0.15, -0.1) is 0 Å². The second-order valence-electron chi connectivity index (χ2n) is 20.4. The molecule has 69 heavy (non-hydrogen) atoms. The van der Waals surface area contributed by atoms with E-state index in [1.807, 2.05) is 93.5 Å². The predicted molar refractivity (Wildman–Crippen MR) is 267 cm³/mol. The standard InChI is InChI=1S/C27H36N2O5S.C26H34N2O5S/c1-17-18(2)25(19(3)22-16-27(4,5)34-24(17)22)35(31,32)29-15-9-10-20-13-14-21(28-26(20)29)11-7-8-12-23(30)33-6;1-16-17(2)24(18(3)21-15-26(4,5)33-23(16)21)34(31,32)28-14-8-9-19-12-13-20(27-25(19)28)10-6-7-11-22(29)30/h13-14H,7-12,15-16H2,1-6H3;12-13H,6-11,14-15H2,1-5H3,(H,29,30). The van der Waals surface area contributed by atoms with Crippen LogP contribution in [0.25, 0.3) is 0 Å². The number of rotatable bonds is 14. The first-order valence-electron chi connectivity index (χ1n) is 24.3. The normalized spacial score (nSPS) is 16.6. The number of pyridine rings is 2. The van der Waals surface area contributed by atoms with Gasteiger partial charge in [-0.25, -0.2) is 35.4 Å². The second kappa shape index (κ2) is 19.9. The molecular weight excluding hydrogens is 917 g/mol. The Bertz CT molecular complexity index is 2910. The van der Waals surface area contributed by atoms with Gasteiger partial charge in [0.05, 0.1) is 16.9 Å². The van der Waals surface area contributed by atoms with Crippen LogP contribution in [-0.2, 0) is 72.9 Å². The smallest absolute Gasteiger partial charge is 0.305 e. The summed E-state index contributed by atoms with van der Waals surface area (Å²) in [5.74, 6) is 1.67. The van der Waals surface area contributed by atoms with Gasteiger partial charge >= 0.3 is 11.9 Å². The van der Waals surface area contributed by atoms with Gasteiger partial charge in [0.1, 0.15) is 34.3 Å². The van der Waals surface area contributed by atoms with Crippen LogP contribution < -0.4 is 18.1 Å². The number of carbonyl (C=O) groups excluding carboxylic acids is 1. The van der Waals surface area contributed by atoms with E-state index in [2.05, 4.69) is 0 Å². The van der Waals surface area contributed by atoms with E-state index in [1.165, 1.54) is 15.7 Å². The third kappa shape index (κ3) is 10.5. The Morgan fingerprint density at radius 3 is 1.42 bits per heavy atom. The first-order chi connectivity index (χ1) is 32.4. The number of nitrogens with zero attached hydrogens (tertiary/aromatic N) is 4. The number of aliphatic carboxylic acids is 1. The number of methoxy groups -OCH3 is 1. The monoisotopic (exact) mass is 986 g/mol. The Morgan fingerprint density at radius 2 is 1.03 bits per heavy atom. The van der Waals surface area contributed by atoms with Crippen molar-refractivity contribution in [3.63, 3.8) is 0 Å². The molecule has 0 unspecified atom stereocenters. The number of carboxylic acid groups (broad SMARTS) is 1. The number of ether oxygens (including phenoxy) is 3. The van der Waals surface area contributed by atoms with Gasteiger partial charge < -0.3 is 19.3 Å². The van der Waals surface area contributed by atoms with Crippen LogP contribution in [0.1, 0.15) is 146 Å². The molecule has 4 aliphatic heterocycles. The zero-order chi connectivity index (χ0) is 50.4. The highest BCUT2D eigenvalue weighted by atomic mass is 32.2. The Kier molecular flexibility index (Phi) is 14.9. The molecule has 2 aromatic carbocycles. The number of carbonyl (C=O) groups is 2. The van der Waals surface area contributed by atoms with Gasteiger partial charge in [0.2, 0.25) is 0 Å². The molecule has 374 valence electrons. The quantitative estimate of drug-likeness (QED) is 0.0935. The second-order valence-corrected chi connectivity index (χ2v) is 24.0. The van der Waals surface area contributed by atoms with Crippen molar-refractivity contribution in [2.75, 3.05) is 28.8 Å². The van der Waals surface area contributed by atoms with Crippen molar-refractivity contribution >= 4 is 43.6 Å². The van der Waals surface area contributed by atoms with Gasteiger partial charge in [-0.2, -0.15) is 0 Å². The number of anilines is 2. The molecule has 0 bridgehead atoms. The maximum atomic E-state index is 14.2. The molecule has 4 aliphatic rings. The van der Waals surface area contributed by atoms with Crippen LogP contribution in [0.4, 0.5) is 11.6 Å². The molecule has 6 heterocycles. The minimum atomic E-state index is -3.83. The van der Waals surface area contributed by atoms with Crippen molar-refractivity contribution in [3.8, 4) is 11.5 Å². The lowest BCUT2D eigenvalue weighted by Crippen LogP contribution is -2.37. The summed E-state index contributed by atoms with van der Waals surface area (Å²) in [6.45, 7) is 20.3. The van der Waals surface area contributed by atoms with E-state index >= 15 is 0 Å². The van der Waals surface area contributed by atoms with Gasteiger partial charge in [-0.1, -0.05) is 12.1 Å². The number of carboxylic acids is 1. The Morgan fingerprint density at radius 1 is 0.623 bits per heavy atom. The Labute approximate surface area is 409 Å². The van der Waals surface area contributed by atoms with Crippen LogP contribution in [0.15, 0.2) is 34.1 Å². The Balaban J connectivity index is 0.000000204. The van der Waals surface area contributed by atoms with Crippen molar-refractivity contribution < 1.29 is 45.7 Å². The molecule has 1 N–H and O–H groups in total. The van der Waals surface area contributed by atoms with Crippen LogP contribution in [0.3, 0.4) is 0 Å². The average Bonchev–Trinajstić information content (AvgIpc) is 3.82. The summed E-state index contributed by atoms with van der Waals surface area (Å²) in [6, 6.07) is 7.89. The van der Waals surface area contributed by atoms with Gasteiger partial charge in [-0.05, 0) is 190 Å². The fourth-order valence-electron chi connectivity index (χ4n) is 10.4. The van der Waals surface area contributed by atoms with Crippen LogP contribution in [-0.4, -0.2) is 75.3 Å². The summed E-state index contributed by atoms with van der Waals surface area (Å²) in [6.07, 6.45) is 9.01. The minimum Gasteiger partial charge on any atom is -0.487 e. The summed E-state index contributed by atoms with van der Waals surface area (Å²) < 4.78 is 76.7. The highest BCUT2D eigenvalue weighted by Crippen LogP contribution is 2.47. The molecule has 0 saturated carbocycles. The number of unbranched alkanes of at least 4 members (excludes halogenated alkanes) is 2. The fourth-order valence-corrected chi connectivity index (χ4v) is 14.4. The first kappa shape index (κ1) is 51.6. The number of fused-ring (bicyclic) bond motifs is 4. The van der Waals surface area contributed by atoms with Gasteiger partial charge in [0.15, 0.2) is 0 Å². The first-order valence-corrected chi connectivity index (χ1v) is 27.2. The summed E-state index contributed by atoms with van der Waals surface area (Å²) in [5.41, 5.74) is 9.54. The van der Waals surface area contributed by atoms with Crippen LogP contribution in [0, 0.1) is 41.5 Å². The minimum absolute atomic E-state index is 0.127. The summed E-state index contributed by atoms with van der Waals surface area (Å²) in [7, 11) is -6.26. The lowest BCUT2D eigenvalue weighted by molar-refractivity contribution is -0.141. The molecule has 0 saturated heterocycles. The van der Waals surface area contributed by atoms with E-state index < -0.39 is 26.0 Å². The van der Waals surface area contributed by atoms with E-state index in [0.717, 1.165) is 111 Å². The molecule has 0 atom stereocenters. The average molecular weight is 987 g/mol. The van der Waals surface area contributed by atoms with Crippen molar-refractivity contribution in [2.24, 2.45) is 0 Å².